The van der Waals surface area contributed by atoms with Gasteiger partial charge in [-0.3, -0.25) is 4.79 Å². The number of piperidine rings is 1. The molecule has 0 unspecified atom stereocenters. The van der Waals surface area contributed by atoms with Gasteiger partial charge < -0.3 is 15.0 Å². The van der Waals surface area contributed by atoms with Gasteiger partial charge in [0, 0.05) is 44.8 Å². The molecule has 0 saturated carbocycles. The van der Waals surface area contributed by atoms with Crippen LogP contribution >= 0.6 is 0 Å². The summed E-state index contributed by atoms with van der Waals surface area (Å²) >= 11 is 0. The number of rotatable bonds is 4. The van der Waals surface area contributed by atoms with E-state index in [1.54, 1.807) is 0 Å². The number of aromatic nitrogens is 2. The van der Waals surface area contributed by atoms with Crippen LogP contribution in [0.3, 0.4) is 0 Å². The predicted octanol–water partition coefficient (Wildman–Crippen LogP) is 2.40. The van der Waals surface area contributed by atoms with Crippen LogP contribution in [0.25, 0.3) is 0 Å². The van der Waals surface area contributed by atoms with E-state index in [0.717, 1.165) is 38.1 Å². The number of alkyl halides is 3. The molecule has 144 valence electrons. The van der Waals surface area contributed by atoms with Crippen molar-refractivity contribution in [3.63, 3.8) is 0 Å². The van der Waals surface area contributed by atoms with Gasteiger partial charge in [0.2, 0.25) is 5.91 Å². The molecule has 2 aliphatic heterocycles. The number of ether oxygens (including phenoxy) is 1. The Kier molecular flexibility index (Phi) is 5.95. The molecule has 3 rings (SSSR count). The molecule has 2 saturated heterocycles. The summed E-state index contributed by atoms with van der Waals surface area (Å²) in [6.07, 6.45) is 0.143. The third kappa shape index (κ3) is 5.06. The smallest absolute Gasteiger partial charge is 0.381 e. The van der Waals surface area contributed by atoms with Gasteiger partial charge >= 0.3 is 6.18 Å². The van der Waals surface area contributed by atoms with Gasteiger partial charge in [0.05, 0.1) is 0 Å². The van der Waals surface area contributed by atoms with Gasteiger partial charge in [-0.05, 0) is 31.6 Å². The van der Waals surface area contributed by atoms with Crippen LogP contribution in [-0.4, -0.2) is 48.2 Å². The van der Waals surface area contributed by atoms with Gasteiger partial charge in [0.1, 0.15) is 17.8 Å². The summed E-state index contributed by atoms with van der Waals surface area (Å²) in [5.41, 5.74) is -0.930. The van der Waals surface area contributed by atoms with Crippen molar-refractivity contribution < 1.29 is 22.7 Å². The van der Waals surface area contributed by atoms with Crippen LogP contribution in [0, 0.1) is 5.92 Å². The van der Waals surface area contributed by atoms with E-state index >= 15 is 0 Å². The number of hydrogen-bond acceptors (Lipinski definition) is 5. The highest BCUT2D eigenvalue weighted by molar-refractivity contribution is 5.76. The number of hydrogen-bond donors (Lipinski definition) is 1. The first-order valence-corrected chi connectivity index (χ1v) is 8.93. The summed E-state index contributed by atoms with van der Waals surface area (Å²) in [4.78, 5) is 21.3. The number of amides is 1. The molecule has 1 N–H and O–H groups in total. The fourth-order valence-corrected chi connectivity index (χ4v) is 3.43. The van der Waals surface area contributed by atoms with Crippen LogP contribution < -0.4 is 10.2 Å². The third-order valence-electron chi connectivity index (χ3n) is 4.94. The zero-order valence-corrected chi connectivity index (χ0v) is 14.5. The van der Waals surface area contributed by atoms with E-state index in [1.807, 2.05) is 4.90 Å². The molecule has 3 heterocycles. The summed E-state index contributed by atoms with van der Waals surface area (Å²) in [6, 6.07) is 1.18. The summed E-state index contributed by atoms with van der Waals surface area (Å²) in [5.74, 6) is 0.587. The molecule has 1 aromatic heterocycles. The molecule has 2 fully saturated rings. The van der Waals surface area contributed by atoms with Crippen LogP contribution in [0.1, 0.15) is 37.8 Å². The fourth-order valence-electron chi connectivity index (χ4n) is 3.43. The molecule has 0 aliphatic carbocycles. The second kappa shape index (κ2) is 8.20. The number of nitrogens with one attached hydrogen (secondary N) is 1. The average molecular weight is 372 g/mol. The summed E-state index contributed by atoms with van der Waals surface area (Å²) < 4.78 is 43.6. The Labute approximate surface area is 150 Å². The molecule has 0 spiro atoms. The molecular weight excluding hydrogens is 349 g/mol. The van der Waals surface area contributed by atoms with E-state index in [2.05, 4.69) is 15.3 Å². The lowest BCUT2D eigenvalue weighted by molar-refractivity contribution is -0.141. The van der Waals surface area contributed by atoms with Gasteiger partial charge in [-0.25, -0.2) is 9.97 Å². The number of carbonyl (C=O) groups excluding carboxylic acids is 1. The van der Waals surface area contributed by atoms with Gasteiger partial charge in [0.25, 0.3) is 0 Å². The van der Waals surface area contributed by atoms with Crippen molar-refractivity contribution in [3.8, 4) is 0 Å². The van der Waals surface area contributed by atoms with Gasteiger partial charge in [-0.1, -0.05) is 0 Å². The van der Waals surface area contributed by atoms with Gasteiger partial charge in [-0.2, -0.15) is 13.2 Å². The predicted molar refractivity (Wildman–Crippen MR) is 88.6 cm³/mol. The Morgan fingerprint density at radius 3 is 2.54 bits per heavy atom. The monoisotopic (exact) mass is 372 g/mol. The molecule has 26 heavy (non-hydrogen) atoms. The van der Waals surface area contributed by atoms with Crippen molar-refractivity contribution in [2.75, 3.05) is 31.2 Å². The van der Waals surface area contributed by atoms with Crippen LogP contribution in [0.5, 0.6) is 0 Å². The Morgan fingerprint density at radius 1 is 1.19 bits per heavy atom. The van der Waals surface area contributed by atoms with Gasteiger partial charge in [-0.15, -0.1) is 0 Å². The fraction of sp³-hybridized carbons (Fsp3) is 0.706. The molecule has 2 aliphatic rings. The Hall–Kier alpha value is -1.90. The third-order valence-corrected chi connectivity index (χ3v) is 4.94. The molecular formula is C17H23F3N4O2. The number of halogens is 3. The molecule has 0 aromatic carbocycles. The lowest BCUT2D eigenvalue weighted by Crippen LogP contribution is -2.41. The molecule has 0 bridgehead atoms. The normalized spacial score (nSPS) is 20.2. The maximum absolute atomic E-state index is 12.8. The molecule has 0 radical (unpaired) electrons. The summed E-state index contributed by atoms with van der Waals surface area (Å²) in [7, 11) is 0. The largest absolute Gasteiger partial charge is 0.433 e. The molecule has 6 nitrogen and oxygen atoms in total. The first-order valence-electron chi connectivity index (χ1n) is 8.93. The molecule has 1 amide bonds. The van der Waals surface area contributed by atoms with E-state index in [4.69, 9.17) is 4.74 Å². The van der Waals surface area contributed by atoms with Crippen molar-refractivity contribution >= 4 is 11.7 Å². The average Bonchev–Trinajstić information content (AvgIpc) is 2.62. The highest BCUT2D eigenvalue weighted by atomic mass is 19.4. The van der Waals surface area contributed by atoms with Crippen molar-refractivity contribution in [1.82, 2.24) is 15.3 Å². The minimum Gasteiger partial charge on any atom is -0.381 e. The highest BCUT2D eigenvalue weighted by Crippen LogP contribution is 2.30. The molecule has 1 aromatic rings. The second-order valence-corrected chi connectivity index (χ2v) is 6.85. The van der Waals surface area contributed by atoms with Gasteiger partial charge in [0.15, 0.2) is 0 Å². The first-order chi connectivity index (χ1) is 12.4. The lowest BCUT2D eigenvalue weighted by Gasteiger charge is -2.33. The Morgan fingerprint density at radius 2 is 1.88 bits per heavy atom. The lowest BCUT2D eigenvalue weighted by atomic mass is 9.93. The minimum atomic E-state index is -4.47. The van der Waals surface area contributed by atoms with Crippen molar-refractivity contribution in [1.29, 1.82) is 0 Å². The first kappa shape index (κ1) is 18.9. The maximum Gasteiger partial charge on any atom is 0.433 e. The van der Waals surface area contributed by atoms with Crippen LogP contribution in [0.4, 0.5) is 19.0 Å². The number of nitrogens with zero attached hydrogens (tertiary/aromatic N) is 3. The van der Waals surface area contributed by atoms with Crippen LogP contribution in [0.15, 0.2) is 12.4 Å². The van der Waals surface area contributed by atoms with E-state index < -0.39 is 11.9 Å². The van der Waals surface area contributed by atoms with E-state index in [1.165, 1.54) is 0 Å². The topological polar surface area (TPSA) is 67.4 Å². The minimum absolute atomic E-state index is 0.0525. The second-order valence-electron chi connectivity index (χ2n) is 6.85. The highest BCUT2D eigenvalue weighted by Gasteiger charge is 2.33. The van der Waals surface area contributed by atoms with E-state index in [-0.39, 0.29) is 23.7 Å². The molecule has 0 atom stereocenters. The van der Waals surface area contributed by atoms with Crippen molar-refractivity contribution in [2.45, 2.75) is 44.3 Å². The maximum atomic E-state index is 12.8. The quantitative estimate of drug-likeness (QED) is 0.879. The Balaban J connectivity index is 1.47. The van der Waals surface area contributed by atoms with Crippen molar-refractivity contribution in [3.05, 3.63) is 18.1 Å². The van der Waals surface area contributed by atoms with Crippen LogP contribution in [-0.2, 0) is 15.7 Å². The zero-order chi connectivity index (χ0) is 18.6. The Bertz CT molecular complexity index is 612. The number of anilines is 1. The van der Waals surface area contributed by atoms with Crippen molar-refractivity contribution in [2.24, 2.45) is 5.92 Å². The zero-order valence-electron chi connectivity index (χ0n) is 14.5. The number of carbonyl (C=O) groups is 1. The SMILES string of the molecule is O=C(CC1CCN(c2cc(C(F)(F)F)ncn2)CC1)NC1CCOCC1. The van der Waals surface area contributed by atoms with Crippen LogP contribution in [0.2, 0.25) is 0 Å². The summed E-state index contributed by atoms with van der Waals surface area (Å²) in [5, 5.41) is 3.05. The van der Waals surface area contributed by atoms with E-state index in [9.17, 15) is 18.0 Å². The van der Waals surface area contributed by atoms with E-state index in [0.29, 0.717) is 32.7 Å². The molecule has 9 heteroatoms. The summed E-state index contributed by atoms with van der Waals surface area (Å²) in [6.45, 7) is 2.54. The standard InChI is InChI=1S/C17H23F3N4O2/c18-17(19,20)14-10-15(22-11-21-14)24-5-1-12(2-6-24)9-16(25)23-13-3-7-26-8-4-13/h10-13H,1-9H2,(H,23,25).